The first-order valence-corrected chi connectivity index (χ1v) is 8.91. The molecule has 24 heavy (non-hydrogen) atoms. The Morgan fingerprint density at radius 3 is 2.67 bits per heavy atom. The van der Waals surface area contributed by atoms with Crippen molar-refractivity contribution in [3.63, 3.8) is 0 Å². The number of hydrogen-bond donors (Lipinski definition) is 1. The van der Waals surface area contributed by atoms with Crippen LogP contribution >= 0.6 is 0 Å². The zero-order valence-electron chi connectivity index (χ0n) is 13.5. The summed E-state index contributed by atoms with van der Waals surface area (Å²) in [5.41, 5.74) is 3.03. The molecule has 3 heterocycles. The number of pyridine rings is 2. The van der Waals surface area contributed by atoms with Gasteiger partial charge in [-0.25, -0.2) is 12.4 Å². The second-order valence-corrected chi connectivity index (χ2v) is 7.20. The van der Waals surface area contributed by atoms with Gasteiger partial charge in [0.1, 0.15) is 4.90 Å². The molecule has 0 unspecified atom stereocenters. The van der Waals surface area contributed by atoms with E-state index < -0.39 is 10.0 Å². The molecule has 3 aromatic rings. The lowest BCUT2D eigenvalue weighted by Gasteiger charge is -2.11. The van der Waals surface area contributed by atoms with E-state index in [1.165, 1.54) is 10.2 Å². The van der Waals surface area contributed by atoms with Crippen LogP contribution in [0, 0.1) is 6.92 Å². The molecule has 0 saturated carbocycles. The molecule has 0 radical (unpaired) electrons. The third-order valence-corrected chi connectivity index (χ3v) is 5.35. The van der Waals surface area contributed by atoms with E-state index in [0.29, 0.717) is 12.2 Å². The number of nitrogens with one attached hydrogen (secondary N) is 1. The molecule has 1 N–H and O–H groups in total. The predicted molar refractivity (Wildman–Crippen MR) is 92.0 cm³/mol. The van der Waals surface area contributed by atoms with Gasteiger partial charge in [0, 0.05) is 42.6 Å². The molecule has 0 fully saturated rings. The monoisotopic (exact) mass is 342 g/mol. The Hall–Kier alpha value is -2.51. The Labute approximate surface area is 141 Å². The number of aromatic nitrogens is 3. The van der Waals surface area contributed by atoms with Crippen molar-refractivity contribution in [3.8, 4) is 11.3 Å². The summed E-state index contributed by atoms with van der Waals surface area (Å²) in [6, 6.07) is 8.69. The van der Waals surface area contributed by atoms with Crippen molar-refractivity contribution in [2.45, 2.75) is 18.4 Å². The largest absolute Gasteiger partial charge is 0.316 e. The van der Waals surface area contributed by atoms with E-state index in [1.807, 2.05) is 26.1 Å². The number of rotatable bonds is 5. The van der Waals surface area contributed by atoms with E-state index in [9.17, 15) is 8.42 Å². The Morgan fingerprint density at radius 2 is 2.00 bits per heavy atom. The van der Waals surface area contributed by atoms with Gasteiger partial charge < -0.3 is 5.32 Å². The van der Waals surface area contributed by atoms with Crippen LogP contribution in [0.2, 0.25) is 0 Å². The lowest BCUT2D eigenvalue weighted by atomic mass is 10.1. The maximum Gasteiger partial charge on any atom is 0.269 e. The highest BCUT2D eigenvalue weighted by molar-refractivity contribution is 7.90. The van der Waals surface area contributed by atoms with E-state index in [2.05, 4.69) is 15.3 Å². The van der Waals surface area contributed by atoms with E-state index in [4.69, 9.17) is 0 Å². The molecule has 0 bridgehead atoms. The van der Waals surface area contributed by atoms with Crippen LogP contribution < -0.4 is 5.32 Å². The maximum absolute atomic E-state index is 13.0. The molecule has 3 rings (SSSR count). The van der Waals surface area contributed by atoms with Crippen LogP contribution in [-0.2, 0) is 16.6 Å². The molecular formula is C17H18N4O2S. The summed E-state index contributed by atoms with van der Waals surface area (Å²) in [5, 5.41) is 3.05. The van der Waals surface area contributed by atoms with Crippen molar-refractivity contribution in [3.05, 3.63) is 66.4 Å². The summed E-state index contributed by atoms with van der Waals surface area (Å²) in [6.45, 7) is 2.43. The number of aryl methyl sites for hydroxylation is 1. The summed E-state index contributed by atoms with van der Waals surface area (Å²) >= 11 is 0. The highest BCUT2D eigenvalue weighted by Gasteiger charge is 2.22. The van der Waals surface area contributed by atoms with Gasteiger partial charge in [-0.15, -0.1) is 0 Å². The van der Waals surface area contributed by atoms with Gasteiger partial charge in [-0.2, -0.15) is 0 Å². The van der Waals surface area contributed by atoms with E-state index in [-0.39, 0.29) is 4.90 Å². The van der Waals surface area contributed by atoms with Gasteiger partial charge in [0.05, 0.1) is 5.69 Å². The lowest BCUT2D eigenvalue weighted by Crippen LogP contribution is -2.14. The Kier molecular flexibility index (Phi) is 4.46. The van der Waals surface area contributed by atoms with Crippen molar-refractivity contribution >= 4 is 10.0 Å². The molecule has 0 atom stereocenters. The Bertz CT molecular complexity index is 950. The minimum absolute atomic E-state index is 0.152. The fourth-order valence-corrected chi connectivity index (χ4v) is 3.92. The second-order valence-electron chi connectivity index (χ2n) is 5.39. The first kappa shape index (κ1) is 16.4. The first-order valence-electron chi connectivity index (χ1n) is 7.47. The molecule has 6 nitrogen and oxygen atoms in total. The van der Waals surface area contributed by atoms with Crippen molar-refractivity contribution in [2.24, 2.45) is 0 Å². The van der Waals surface area contributed by atoms with Crippen LogP contribution in [0.25, 0.3) is 11.3 Å². The summed E-state index contributed by atoms with van der Waals surface area (Å²) in [5.74, 6) is 0. The van der Waals surface area contributed by atoms with Crippen LogP contribution in [0.5, 0.6) is 0 Å². The third kappa shape index (κ3) is 2.95. The standard InChI is InChI=1S/C17H18N4O2S/c1-13-16(6-4-8-20-13)17-9-14(10-18-2)12-21(17)24(22,23)15-5-3-7-19-11-15/h3-9,11-12,18H,10H2,1-2H3. The van der Waals surface area contributed by atoms with Gasteiger partial charge >= 0.3 is 0 Å². The molecule has 0 amide bonds. The molecule has 0 saturated heterocycles. The fraction of sp³-hybridized carbons (Fsp3) is 0.176. The van der Waals surface area contributed by atoms with Crippen LogP contribution in [-0.4, -0.2) is 29.4 Å². The van der Waals surface area contributed by atoms with Crippen molar-refractivity contribution in [1.29, 1.82) is 0 Å². The summed E-state index contributed by atoms with van der Waals surface area (Å²) in [4.78, 5) is 8.35. The van der Waals surface area contributed by atoms with Gasteiger partial charge in [-0.3, -0.25) is 9.97 Å². The minimum atomic E-state index is -3.73. The normalized spacial score (nSPS) is 11.6. The SMILES string of the molecule is CNCc1cc(-c2cccnc2C)n(S(=O)(=O)c2cccnc2)c1. The van der Waals surface area contributed by atoms with Gasteiger partial charge in [0.2, 0.25) is 0 Å². The van der Waals surface area contributed by atoms with Gasteiger partial charge in [-0.05, 0) is 49.9 Å². The van der Waals surface area contributed by atoms with Gasteiger partial charge in [0.25, 0.3) is 10.0 Å². The first-order chi connectivity index (χ1) is 11.5. The van der Waals surface area contributed by atoms with Crippen LogP contribution in [0.1, 0.15) is 11.3 Å². The van der Waals surface area contributed by atoms with E-state index in [0.717, 1.165) is 16.8 Å². The third-order valence-electron chi connectivity index (χ3n) is 3.70. The van der Waals surface area contributed by atoms with E-state index >= 15 is 0 Å². The van der Waals surface area contributed by atoms with Crippen LogP contribution in [0.15, 0.2) is 60.0 Å². The average molecular weight is 342 g/mol. The lowest BCUT2D eigenvalue weighted by molar-refractivity contribution is 0.587. The highest BCUT2D eigenvalue weighted by Crippen LogP contribution is 2.28. The smallest absolute Gasteiger partial charge is 0.269 e. The van der Waals surface area contributed by atoms with Crippen molar-refractivity contribution < 1.29 is 8.42 Å². The van der Waals surface area contributed by atoms with Crippen LogP contribution in [0.4, 0.5) is 0 Å². The highest BCUT2D eigenvalue weighted by atomic mass is 32.2. The summed E-state index contributed by atoms with van der Waals surface area (Å²) in [7, 11) is -1.91. The zero-order chi connectivity index (χ0) is 17.2. The molecule has 0 spiro atoms. The fourth-order valence-electron chi connectivity index (χ4n) is 2.56. The molecule has 124 valence electrons. The number of nitrogens with zero attached hydrogens (tertiary/aromatic N) is 3. The Morgan fingerprint density at radius 1 is 1.21 bits per heavy atom. The molecule has 0 aromatic carbocycles. The topological polar surface area (TPSA) is 76.9 Å². The van der Waals surface area contributed by atoms with Gasteiger partial charge in [-0.1, -0.05) is 0 Å². The second kappa shape index (κ2) is 6.54. The molecule has 0 aliphatic rings. The van der Waals surface area contributed by atoms with Crippen molar-refractivity contribution in [2.75, 3.05) is 7.05 Å². The predicted octanol–water partition coefficient (Wildman–Crippen LogP) is 2.21. The number of hydrogen-bond acceptors (Lipinski definition) is 5. The summed E-state index contributed by atoms with van der Waals surface area (Å²) in [6.07, 6.45) is 6.23. The Balaban J connectivity index is 2.23. The average Bonchev–Trinajstić information content (AvgIpc) is 3.01. The molecular weight excluding hydrogens is 324 g/mol. The quantitative estimate of drug-likeness (QED) is 0.769. The molecule has 0 aliphatic heterocycles. The van der Waals surface area contributed by atoms with Crippen LogP contribution in [0.3, 0.4) is 0 Å². The summed E-state index contributed by atoms with van der Waals surface area (Å²) < 4.78 is 27.4. The molecule has 3 aromatic heterocycles. The zero-order valence-corrected chi connectivity index (χ0v) is 14.3. The maximum atomic E-state index is 13.0. The van der Waals surface area contributed by atoms with Gasteiger partial charge in [0.15, 0.2) is 0 Å². The molecule has 7 heteroatoms. The van der Waals surface area contributed by atoms with Crippen molar-refractivity contribution in [1.82, 2.24) is 19.3 Å². The molecule has 0 aliphatic carbocycles. The minimum Gasteiger partial charge on any atom is -0.316 e. The van der Waals surface area contributed by atoms with E-state index in [1.54, 1.807) is 36.8 Å².